The molecule has 1 aromatic heterocycles. The van der Waals surface area contributed by atoms with Crippen molar-refractivity contribution in [1.29, 1.82) is 0 Å². The molecule has 2 aromatic rings. The molecule has 1 heterocycles. The molecule has 0 spiro atoms. The Morgan fingerprint density at radius 2 is 1.89 bits per heavy atom. The minimum atomic E-state index is 0.358. The molecular weight excluding hydrogens is 252 g/mol. The molecule has 0 fully saturated rings. The van der Waals surface area contributed by atoms with Gasteiger partial charge in [-0.3, -0.25) is 0 Å². The standard InChI is InChI=1S/C13H13ClN2O2/c1-17-7-8-18-12-9-11(14)15-13(16-12)10-5-3-2-4-6-10/h2-6,9H,7-8H2,1H3. The van der Waals surface area contributed by atoms with E-state index in [0.29, 0.717) is 30.1 Å². The van der Waals surface area contributed by atoms with Gasteiger partial charge in [-0.05, 0) is 0 Å². The molecular formula is C13H13ClN2O2. The number of rotatable bonds is 5. The molecule has 4 nitrogen and oxygen atoms in total. The summed E-state index contributed by atoms with van der Waals surface area (Å²) in [5.74, 6) is 1.00. The Hall–Kier alpha value is -1.65. The van der Waals surface area contributed by atoms with E-state index in [0.717, 1.165) is 5.56 Å². The summed E-state index contributed by atoms with van der Waals surface area (Å²) in [7, 11) is 1.62. The minimum absolute atomic E-state index is 0.358. The van der Waals surface area contributed by atoms with E-state index >= 15 is 0 Å². The van der Waals surface area contributed by atoms with Crippen LogP contribution in [0.15, 0.2) is 36.4 Å². The molecule has 0 amide bonds. The van der Waals surface area contributed by atoms with Crippen molar-refractivity contribution in [3.05, 3.63) is 41.6 Å². The van der Waals surface area contributed by atoms with Crippen LogP contribution in [0.1, 0.15) is 0 Å². The maximum Gasteiger partial charge on any atom is 0.218 e. The first kappa shape index (κ1) is 12.8. The number of nitrogens with zero attached hydrogens (tertiary/aromatic N) is 2. The Kier molecular flexibility index (Phi) is 4.50. The van der Waals surface area contributed by atoms with Crippen molar-refractivity contribution in [3.8, 4) is 17.3 Å². The van der Waals surface area contributed by atoms with Gasteiger partial charge in [0.1, 0.15) is 11.8 Å². The first-order valence-corrected chi connectivity index (χ1v) is 5.89. The van der Waals surface area contributed by atoms with Crippen molar-refractivity contribution in [1.82, 2.24) is 9.97 Å². The van der Waals surface area contributed by atoms with E-state index in [4.69, 9.17) is 21.1 Å². The van der Waals surface area contributed by atoms with Crippen LogP contribution in [0, 0.1) is 0 Å². The van der Waals surface area contributed by atoms with Crippen molar-refractivity contribution >= 4 is 11.6 Å². The Bertz CT molecular complexity index is 506. The second kappa shape index (κ2) is 6.33. The molecule has 0 aliphatic heterocycles. The van der Waals surface area contributed by atoms with Crippen LogP contribution in [-0.4, -0.2) is 30.3 Å². The quantitative estimate of drug-likeness (QED) is 0.615. The summed E-state index contributed by atoms with van der Waals surface area (Å²) in [6, 6.07) is 11.2. The molecule has 0 bridgehead atoms. The summed E-state index contributed by atoms with van der Waals surface area (Å²) >= 11 is 5.95. The summed E-state index contributed by atoms with van der Waals surface area (Å²) in [5, 5.41) is 0.358. The number of hydrogen-bond acceptors (Lipinski definition) is 4. The third-order valence-corrected chi connectivity index (χ3v) is 2.43. The van der Waals surface area contributed by atoms with Gasteiger partial charge in [-0.15, -0.1) is 0 Å². The van der Waals surface area contributed by atoms with E-state index in [1.165, 1.54) is 0 Å². The first-order chi connectivity index (χ1) is 8.79. The zero-order valence-electron chi connectivity index (χ0n) is 9.97. The molecule has 2 rings (SSSR count). The first-order valence-electron chi connectivity index (χ1n) is 5.51. The van der Waals surface area contributed by atoms with Crippen molar-refractivity contribution in [3.63, 3.8) is 0 Å². The van der Waals surface area contributed by atoms with Gasteiger partial charge in [0.05, 0.1) is 6.61 Å². The largest absolute Gasteiger partial charge is 0.475 e. The fourth-order valence-corrected chi connectivity index (χ4v) is 1.59. The third-order valence-electron chi connectivity index (χ3n) is 2.24. The van der Waals surface area contributed by atoms with E-state index in [9.17, 15) is 0 Å². The highest BCUT2D eigenvalue weighted by Gasteiger charge is 2.06. The average Bonchev–Trinajstić information content (AvgIpc) is 2.39. The lowest BCUT2D eigenvalue weighted by Gasteiger charge is -2.07. The van der Waals surface area contributed by atoms with Crippen LogP contribution in [0.5, 0.6) is 5.88 Å². The molecule has 18 heavy (non-hydrogen) atoms. The number of halogens is 1. The number of aromatic nitrogens is 2. The van der Waals surface area contributed by atoms with Crippen LogP contribution in [0.25, 0.3) is 11.4 Å². The van der Waals surface area contributed by atoms with Crippen molar-refractivity contribution in [2.45, 2.75) is 0 Å². The molecule has 0 N–H and O–H groups in total. The highest BCUT2D eigenvalue weighted by Crippen LogP contribution is 2.21. The Morgan fingerprint density at radius 3 is 2.61 bits per heavy atom. The summed E-state index contributed by atoms with van der Waals surface area (Å²) in [4.78, 5) is 8.48. The van der Waals surface area contributed by atoms with Gasteiger partial charge in [0.15, 0.2) is 5.82 Å². The van der Waals surface area contributed by atoms with Crippen LogP contribution in [0.2, 0.25) is 5.15 Å². The normalized spacial score (nSPS) is 10.3. The topological polar surface area (TPSA) is 44.2 Å². The fourth-order valence-electron chi connectivity index (χ4n) is 1.42. The lowest BCUT2D eigenvalue weighted by molar-refractivity contribution is 0.143. The van der Waals surface area contributed by atoms with Crippen LogP contribution >= 0.6 is 11.6 Å². The highest BCUT2D eigenvalue weighted by atomic mass is 35.5. The van der Waals surface area contributed by atoms with Crippen molar-refractivity contribution < 1.29 is 9.47 Å². The van der Waals surface area contributed by atoms with Gasteiger partial charge in [-0.2, -0.15) is 4.98 Å². The van der Waals surface area contributed by atoms with Crippen LogP contribution in [-0.2, 0) is 4.74 Å². The Balaban J connectivity index is 2.21. The van der Waals surface area contributed by atoms with Gasteiger partial charge in [0.2, 0.25) is 5.88 Å². The van der Waals surface area contributed by atoms with E-state index in [-0.39, 0.29) is 0 Å². The van der Waals surface area contributed by atoms with Crippen molar-refractivity contribution in [2.24, 2.45) is 0 Å². The van der Waals surface area contributed by atoms with Crippen LogP contribution in [0.4, 0.5) is 0 Å². The van der Waals surface area contributed by atoms with Gasteiger partial charge >= 0.3 is 0 Å². The summed E-state index contributed by atoms with van der Waals surface area (Å²) < 4.78 is 10.3. The molecule has 0 aliphatic rings. The second-order valence-electron chi connectivity index (χ2n) is 3.56. The number of methoxy groups -OCH3 is 1. The lowest BCUT2D eigenvalue weighted by Crippen LogP contribution is -2.06. The second-order valence-corrected chi connectivity index (χ2v) is 3.95. The SMILES string of the molecule is COCCOc1cc(Cl)nc(-c2ccccc2)n1. The van der Waals surface area contributed by atoms with Gasteiger partial charge in [0.25, 0.3) is 0 Å². The summed E-state index contributed by atoms with van der Waals surface area (Å²) in [6.07, 6.45) is 0. The highest BCUT2D eigenvalue weighted by molar-refractivity contribution is 6.29. The lowest BCUT2D eigenvalue weighted by atomic mass is 10.2. The maximum absolute atomic E-state index is 5.95. The predicted molar refractivity (Wildman–Crippen MR) is 69.8 cm³/mol. The monoisotopic (exact) mass is 264 g/mol. The number of benzene rings is 1. The number of hydrogen-bond donors (Lipinski definition) is 0. The minimum Gasteiger partial charge on any atom is -0.475 e. The molecule has 0 unspecified atom stereocenters. The predicted octanol–water partition coefficient (Wildman–Crippen LogP) is 2.82. The molecule has 0 saturated heterocycles. The van der Waals surface area contributed by atoms with Gasteiger partial charge in [-0.25, -0.2) is 4.98 Å². The van der Waals surface area contributed by atoms with Gasteiger partial charge in [-0.1, -0.05) is 41.9 Å². The average molecular weight is 265 g/mol. The van der Waals surface area contributed by atoms with Gasteiger partial charge in [0, 0.05) is 18.7 Å². The Labute approximate surface area is 111 Å². The Morgan fingerprint density at radius 1 is 1.11 bits per heavy atom. The van der Waals surface area contributed by atoms with E-state index in [1.807, 2.05) is 30.3 Å². The number of ether oxygens (including phenoxy) is 2. The molecule has 94 valence electrons. The molecule has 1 aromatic carbocycles. The van der Waals surface area contributed by atoms with E-state index in [1.54, 1.807) is 13.2 Å². The van der Waals surface area contributed by atoms with E-state index < -0.39 is 0 Å². The molecule has 0 aliphatic carbocycles. The van der Waals surface area contributed by atoms with Crippen LogP contribution < -0.4 is 4.74 Å². The smallest absolute Gasteiger partial charge is 0.218 e. The van der Waals surface area contributed by atoms with Crippen LogP contribution in [0.3, 0.4) is 0 Å². The van der Waals surface area contributed by atoms with E-state index in [2.05, 4.69) is 9.97 Å². The molecule has 0 radical (unpaired) electrons. The van der Waals surface area contributed by atoms with Gasteiger partial charge < -0.3 is 9.47 Å². The fraction of sp³-hybridized carbons (Fsp3) is 0.231. The maximum atomic E-state index is 5.95. The summed E-state index contributed by atoms with van der Waals surface area (Å²) in [5.41, 5.74) is 0.900. The third kappa shape index (κ3) is 3.42. The zero-order chi connectivity index (χ0) is 12.8. The molecule has 5 heteroatoms. The molecule has 0 saturated carbocycles. The van der Waals surface area contributed by atoms with Crippen molar-refractivity contribution in [2.75, 3.05) is 20.3 Å². The molecule has 0 atom stereocenters. The summed E-state index contributed by atoms with van der Waals surface area (Å²) in [6.45, 7) is 0.931. The zero-order valence-corrected chi connectivity index (χ0v) is 10.7.